The van der Waals surface area contributed by atoms with E-state index in [1.165, 1.54) is 33.6 Å². The minimum Gasteiger partial charge on any atom is -0.325 e. The second-order valence-corrected chi connectivity index (χ2v) is 12.7. The fraction of sp³-hybridized carbons (Fsp3) is 0.125. The van der Waals surface area contributed by atoms with E-state index < -0.39 is 23.7 Å². The molecular weight excluding hydrogens is 734 g/mol. The molecule has 2 aromatic carbocycles. The maximum absolute atomic E-state index is 13.0. The fourth-order valence-corrected chi connectivity index (χ4v) is 5.98. The van der Waals surface area contributed by atoms with Gasteiger partial charge in [-0.3, -0.25) is 4.98 Å². The number of hydrogen-bond donors (Lipinski definition) is 1. The highest BCUT2D eigenvalue weighted by atomic mass is 19.4. The van der Waals surface area contributed by atoms with Crippen LogP contribution in [0.1, 0.15) is 33.9 Å². The summed E-state index contributed by atoms with van der Waals surface area (Å²) in [4.78, 5) is 16.3. The van der Waals surface area contributed by atoms with E-state index in [4.69, 9.17) is 11.0 Å². The summed E-state index contributed by atoms with van der Waals surface area (Å²) in [6.07, 6.45) is -5.90. The zero-order valence-electron chi connectivity index (χ0n) is 29.5. The molecule has 0 bridgehead atoms. The van der Waals surface area contributed by atoms with Crippen molar-refractivity contribution in [2.45, 2.75) is 32.7 Å². The van der Waals surface area contributed by atoms with Crippen LogP contribution in [-0.2, 0) is 18.9 Å². The van der Waals surface area contributed by atoms with Gasteiger partial charge in [-0.2, -0.15) is 41.8 Å². The quantitative estimate of drug-likeness (QED) is 0.172. The monoisotopic (exact) mass is 762 g/mol. The van der Waals surface area contributed by atoms with Gasteiger partial charge in [-0.1, -0.05) is 36.4 Å². The van der Waals surface area contributed by atoms with Gasteiger partial charge in [0.2, 0.25) is 0 Å². The molecular formula is C40H28F6N10. The van der Waals surface area contributed by atoms with Crippen LogP contribution in [-0.4, -0.2) is 39.5 Å². The summed E-state index contributed by atoms with van der Waals surface area (Å²) in [5.41, 5.74) is 10.9. The number of halogens is 6. The lowest BCUT2D eigenvalue weighted by molar-refractivity contribution is -0.141. The largest absolute Gasteiger partial charge is 0.433 e. The Morgan fingerprint density at radius 1 is 0.607 bits per heavy atom. The summed E-state index contributed by atoms with van der Waals surface area (Å²) in [6, 6.07) is 27.8. The first-order valence-electron chi connectivity index (χ1n) is 16.8. The molecule has 0 aliphatic rings. The van der Waals surface area contributed by atoms with Crippen molar-refractivity contribution in [3.8, 4) is 40.2 Å². The Labute approximate surface area is 314 Å². The second-order valence-electron chi connectivity index (χ2n) is 12.7. The molecule has 8 rings (SSSR count). The number of alkyl halides is 6. The van der Waals surface area contributed by atoms with Crippen LogP contribution >= 0.6 is 0 Å². The molecule has 0 radical (unpaired) electrons. The van der Waals surface area contributed by atoms with Crippen LogP contribution < -0.4 is 5.73 Å². The Morgan fingerprint density at radius 2 is 1.09 bits per heavy atom. The zero-order valence-corrected chi connectivity index (χ0v) is 29.5. The number of pyridine rings is 4. The molecule has 0 amide bonds. The van der Waals surface area contributed by atoms with Crippen LogP contribution in [0.5, 0.6) is 0 Å². The van der Waals surface area contributed by atoms with E-state index in [-0.39, 0.29) is 11.6 Å². The molecule has 0 fully saturated rings. The summed E-state index contributed by atoms with van der Waals surface area (Å²) < 4.78 is 80.7. The van der Waals surface area contributed by atoms with E-state index in [1.54, 1.807) is 30.6 Å². The normalized spacial score (nSPS) is 11.7. The van der Waals surface area contributed by atoms with Gasteiger partial charge < -0.3 is 5.73 Å². The average Bonchev–Trinajstić information content (AvgIpc) is 3.81. The van der Waals surface area contributed by atoms with Gasteiger partial charge in [0.25, 0.3) is 0 Å². The first-order valence-corrected chi connectivity index (χ1v) is 16.8. The van der Waals surface area contributed by atoms with Crippen molar-refractivity contribution in [2.24, 2.45) is 5.73 Å². The molecule has 0 saturated heterocycles. The molecule has 56 heavy (non-hydrogen) atoms. The van der Waals surface area contributed by atoms with Crippen LogP contribution in [0.2, 0.25) is 0 Å². The number of aryl methyl sites for hydroxylation is 2. The molecule has 8 aromatic rings. The number of fused-ring (bicyclic) bond motifs is 2. The maximum atomic E-state index is 13.0. The molecule has 2 N–H and O–H groups in total. The Morgan fingerprint density at radius 3 is 1.55 bits per heavy atom. The van der Waals surface area contributed by atoms with E-state index in [0.29, 0.717) is 29.0 Å². The van der Waals surface area contributed by atoms with Gasteiger partial charge in [0, 0.05) is 28.4 Å². The van der Waals surface area contributed by atoms with Crippen molar-refractivity contribution in [1.82, 2.24) is 39.5 Å². The molecule has 0 aliphatic heterocycles. The van der Waals surface area contributed by atoms with Crippen LogP contribution in [0.3, 0.4) is 0 Å². The topological polar surface area (TPSA) is 137 Å². The molecule has 280 valence electrons. The highest BCUT2D eigenvalue weighted by molar-refractivity contribution is 5.86. The highest BCUT2D eigenvalue weighted by Crippen LogP contribution is 2.31. The Kier molecular flexibility index (Phi) is 9.79. The molecule has 16 heteroatoms. The van der Waals surface area contributed by atoms with Crippen molar-refractivity contribution < 1.29 is 26.3 Å². The Bertz CT molecular complexity index is 2780. The van der Waals surface area contributed by atoms with Gasteiger partial charge in [0.1, 0.15) is 23.2 Å². The zero-order chi connectivity index (χ0) is 39.8. The predicted octanol–water partition coefficient (Wildman–Crippen LogP) is 8.95. The van der Waals surface area contributed by atoms with Gasteiger partial charge in [0.05, 0.1) is 40.5 Å². The van der Waals surface area contributed by atoms with E-state index >= 15 is 0 Å². The van der Waals surface area contributed by atoms with Crippen molar-refractivity contribution >= 4 is 21.8 Å². The highest BCUT2D eigenvalue weighted by Gasteiger charge is 2.33. The summed E-state index contributed by atoms with van der Waals surface area (Å²) in [5.74, 6) is 0.165. The number of rotatable bonds is 5. The van der Waals surface area contributed by atoms with Crippen molar-refractivity contribution in [1.29, 1.82) is 5.26 Å². The van der Waals surface area contributed by atoms with Gasteiger partial charge in [0.15, 0.2) is 11.6 Å². The van der Waals surface area contributed by atoms with Crippen molar-refractivity contribution in [3.63, 3.8) is 0 Å². The summed E-state index contributed by atoms with van der Waals surface area (Å²) in [7, 11) is 0. The smallest absolute Gasteiger partial charge is 0.325 e. The number of nitriles is 1. The van der Waals surface area contributed by atoms with E-state index in [9.17, 15) is 26.3 Å². The van der Waals surface area contributed by atoms with Crippen molar-refractivity contribution in [2.75, 3.05) is 0 Å². The minimum atomic E-state index is -4.54. The summed E-state index contributed by atoms with van der Waals surface area (Å²) in [6.45, 7) is 4.14. The molecule has 0 spiro atoms. The molecule has 0 atom stereocenters. The Balaban J connectivity index is 0.000000172. The predicted molar refractivity (Wildman–Crippen MR) is 196 cm³/mol. The first kappa shape index (κ1) is 37.3. The molecule has 6 heterocycles. The second kappa shape index (κ2) is 14.7. The Hall–Kier alpha value is -6.99. The van der Waals surface area contributed by atoms with Crippen LogP contribution in [0.25, 0.3) is 56.0 Å². The van der Waals surface area contributed by atoms with Crippen molar-refractivity contribution in [3.05, 3.63) is 143 Å². The lowest BCUT2D eigenvalue weighted by Gasteiger charge is -2.09. The lowest BCUT2D eigenvalue weighted by atomic mass is 10.1. The maximum Gasteiger partial charge on any atom is 0.433 e. The molecule has 10 nitrogen and oxygen atoms in total. The van der Waals surface area contributed by atoms with Gasteiger partial charge in [-0.05, 0) is 85.6 Å². The number of aromatic nitrogens is 8. The number of nitrogens with zero attached hydrogens (tertiary/aromatic N) is 9. The third-order valence-corrected chi connectivity index (χ3v) is 8.53. The lowest BCUT2D eigenvalue weighted by Crippen LogP contribution is -2.10. The fourth-order valence-electron chi connectivity index (χ4n) is 5.98. The third kappa shape index (κ3) is 7.79. The van der Waals surface area contributed by atoms with Gasteiger partial charge in [-0.15, -0.1) is 0 Å². The number of hydrogen-bond acceptors (Lipinski definition) is 8. The molecule has 0 aliphatic carbocycles. The van der Waals surface area contributed by atoms with Crippen LogP contribution in [0, 0.1) is 25.2 Å². The van der Waals surface area contributed by atoms with E-state index in [2.05, 4.69) is 30.1 Å². The summed E-state index contributed by atoms with van der Waals surface area (Å²) in [5, 5.41) is 19.1. The van der Waals surface area contributed by atoms with Gasteiger partial charge >= 0.3 is 12.4 Å². The number of benzene rings is 2. The number of nitrogens with two attached hydrogens (primary N) is 1. The minimum absolute atomic E-state index is 0.0666. The SMILES string of the molecule is Cc1cc(C#N)nc(-c2ccc3cnn(-c4cccc(C(F)(F)F)n4)c3c2)c1.Cc1cc(CN)nc(-c2ccc3cnn(-c4cccc(C(F)(F)F)n4)c3c2)c1. The first-order chi connectivity index (χ1) is 26.7. The van der Waals surface area contributed by atoms with Crippen LogP contribution in [0.15, 0.2) is 109 Å². The van der Waals surface area contributed by atoms with E-state index in [1.807, 2.05) is 62.4 Å². The van der Waals surface area contributed by atoms with Crippen LogP contribution in [0.4, 0.5) is 26.3 Å². The summed E-state index contributed by atoms with van der Waals surface area (Å²) >= 11 is 0. The third-order valence-electron chi connectivity index (χ3n) is 8.53. The molecule has 0 unspecified atom stereocenters. The molecule has 6 aromatic heterocycles. The van der Waals surface area contributed by atoms with E-state index in [0.717, 1.165) is 56.5 Å². The average molecular weight is 763 g/mol. The molecule has 0 saturated carbocycles. The van der Waals surface area contributed by atoms with Gasteiger partial charge in [-0.25, -0.2) is 24.3 Å². The standard InChI is InChI=1S/C20H16F3N5.C20H12F3N5/c2*1-12-7-15(10-24)26-16(8-12)13-5-6-14-11-25-28(17(14)9-13)19-4-2-3-18(27-19)20(21,22)23/h2-9,11H,10,24H2,1H3;2-9,11H,1H3.